The Morgan fingerprint density at radius 3 is 2.95 bits per heavy atom. The molecule has 22 heavy (non-hydrogen) atoms. The minimum absolute atomic E-state index is 0.0135. The highest BCUT2D eigenvalue weighted by atomic mass is 19.1. The Bertz CT molecular complexity index is 524. The summed E-state index contributed by atoms with van der Waals surface area (Å²) in [6.07, 6.45) is 0.903. The standard InChI is InChI=1S/C16H24FN3O2/c1-4-18-16(21)20-8-7-13(10-20)19-11(2)12-5-6-15(22-3)14(17)9-12/h5-6,9,11,13,19H,4,7-8,10H2,1-3H3,(H,18,21)/t11-,13+/m1/s1. The average Bonchev–Trinajstić information content (AvgIpc) is 2.96. The zero-order chi connectivity index (χ0) is 16.1. The van der Waals surface area contributed by atoms with Crippen LogP contribution in [0.4, 0.5) is 9.18 Å². The van der Waals surface area contributed by atoms with Crippen LogP contribution in [0.15, 0.2) is 18.2 Å². The molecule has 1 aromatic rings. The molecule has 0 aromatic heterocycles. The first-order valence-corrected chi connectivity index (χ1v) is 7.67. The van der Waals surface area contributed by atoms with Crippen LogP contribution in [0.2, 0.25) is 0 Å². The molecular formula is C16H24FN3O2. The van der Waals surface area contributed by atoms with Crippen molar-refractivity contribution in [3.05, 3.63) is 29.6 Å². The Balaban J connectivity index is 1.91. The summed E-state index contributed by atoms with van der Waals surface area (Å²) in [6, 6.07) is 5.21. The molecule has 1 heterocycles. The van der Waals surface area contributed by atoms with Crippen molar-refractivity contribution in [1.82, 2.24) is 15.5 Å². The number of carbonyl (C=O) groups is 1. The van der Waals surface area contributed by atoms with Gasteiger partial charge in [-0.05, 0) is 38.0 Å². The molecule has 1 aliphatic heterocycles. The van der Waals surface area contributed by atoms with Gasteiger partial charge in [-0.2, -0.15) is 0 Å². The average molecular weight is 309 g/mol. The van der Waals surface area contributed by atoms with Gasteiger partial charge in [-0.15, -0.1) is 0 Å². The van der Waals surface area contributed by atoms with E-state index in [2.05, 4.69) is 10.6 Å². The summed E-state index contributed by atoms with van der Waals surface area (Å²) in [7, 11) is 1.45. The van der Waals surface area contributed by atoms with Gasteiger partial charge in [0.15, 0.2) is 11.6 Å². The number of methoxy groups -OCH3 is 1. The zero-order valence-electron chi connectivity index (χ0n) is 13.4. The number of rotatable bonds is 5. The molecule has 1 aliphatic rings. The number of urea groups is 1. The summed E-state index contributed by atoms with van der Waals surface area (Å²) in [4.78, 5) is 13.6. The van der Waals surface area contributed by atoms with Gasteiger partial charge in [-0.25, -0.2) is 9.18 Å². The second-order valence-corrected chi connectivity index (χ2v) is 5.55. The Labute approximate surface area is 130 Å². The summed E-state index contributed by atoms with van der Waals surface area (Å²) in [6.45, 7) is 5.96. The van der Waals surface area contributed by atoms with Crippen molar-refractivity contribution in [2.75, 3.05) is 26.7 Å². The lowest BCUT2D eigenvalue weighted by Crippen LogP contribution is -2.41. The Hall–Kier alpha value is -1.82. The molecular weight excluding hydrogens is 285 g/mol. The molecule has 2 amide bonds. The van der Waals surface area contributed by atoms with Crippen molar-refractivity contribution in [2.45, 2.75) is 32.4 Å². The van der Waals surface area contributed by atoms with E-state index in [-0.39, 0.29) is 29.7 Å². The smallest absolute Gasteiger partial charge is 0.317 e. The molecule has 2 atom stereocenters. The van der Waals surface area contributed by atoms with Gasteiger partial charge in [-0.3, -0.25) is 0 Å². The molecule has 1 aromatic carbocycles. The number of benzene rings is 1. The molecule has 0 radical (unpaired) electrons. The molecule has 2 N–H and O–H groups in total. The first kappa shape index (κ1) is 16.5. The molecule has 2 rings (SSSR count). The van der Waals surface area contributed by atoms with E-state index >= 15 is 0 Å². The second kappa shape index (κ2) is 7.45. The third kappa shape index (κ3) is 3.88. The fraction of sp³-hybridized carbons (Fsp3) is 0.562. The Morgan fingerprint density at radius 1 is 1.55 bits per heavy atom. The molecule has 1 saturated heterocycles. The van der Waals surface area contributed by atoms with E-state index in [4.69, 9.17) is 4.74 Å². The second-order valence-electron chi connectivity index (χ2n) is 5.55. The van der Waals surface area contributed by atoms with Gasteiger partial charge in [0.2, 0.25) is 0 Å². The van der Waals surface area contributed by atoms with Crippen LogP contribution in [0, 0.1) is 5.82 Å². The van der Waals surface area contributed by atoms with Crippen molar-refractivity contribution in [1.29, 1.82) is 0 Å². The van der Waals surface area contributed by atoms with Crippen LogP contribution in [-0.2, 0) is 0 Å². The van der Waals surface area contributed by atoms with Crippen LogP contribution < -0.4 is 15.4 Å². The van der Waals surface area contributed by atoms with Crippen LogP contribution in [0.5, 0.6) is 5.75 Å². The van der Waals surface area contributed by atoms with E-state index in [9.17, 15) is 9.18 Å². The molecule has 0 unspecified atom stereocenters. The number of amides is 2. The number of ether oxygens (including phenoxy) is 1. The van der Waals surface area contributed by atoms with E-state index in [1.807, 2.05) is 24.8 Å². The van der Waals surface area contributed by atoms with Gasteiger partial charge in [0, 0.05) is 31.7 Å². The lowest BCUT2D eigenvalue weighted by atomic mass is 10.1. The number of likely N-dealkylation sites (tertiary alicyclic amines) is 1. The Morgan fingerprint density at radius 2 is 2.32 bits per heavy atom. The minimum Gasteiger partial charge on any atom is -0.494 e. The topological polar surface area (TPSA) is 53.6 Å². The van der Waals surface area contributed by atoms with Crippen LogP contribution in [0.25, 0.3) is 0 Å². The number of nitrogens with zero attached hydrogens (tertiary/aromatic N) is 1. The maximum atomic E-state index is 13.8. The van der Waals surface area contributed by atoms with Crippen LogP contribution in [0.1, 0.15) is 31.9 Å². The monoisotopic (exact) mass is 309 g/mol. The van der Waals surface area contributed by atoms with Crippen LogP contribution in [-0.4, -0.2) is 43.7 Å². The van der Waals surface area contributed by atoms with E-state index in [0.717, 1.165) is 18.5 Å². The van der Waals surface area contributed by atoms with Crippen LogP contribution >= 0.6 is 0 Å². The number of halogens is 1. The van der Waals surface area contributed by atoms with Crippen molar-refractivity contribution in [3.8, 4) is 5.75 Å². The van der Waals surface area contributed by atoms with Gasteiger partial charge < -0.3 is 20.3 Å². The largest absolute Gasteiger partial charge is 0.494 e. The van der Waals surface area contributed by atoms with Crippen molar-refractivity contribution in [3.63, 3.8) is 0 Å². The first-order valence-electron chi connectivity index (χ1n) is 7.67. The maximum absolute atomic E-state index is 13.8. The molecule has 0 saturated carbocycles. The van der Waals surface area contributed by atoms with Crippen LogP contribution in [0.3, 0.4) is 0 Å². The summed E-state index contributed by atoms with van der Waals surface area (Å²) < 4.78 is 18.7. The van der Waals surface area contributed by atoms with E-state index in [0.29, 0.717) is 13.1 Å². The van der Waals surface area contributed by atoms with Gasteiger partial charge in [0.1, 0.15) is 0 Å². The van der Waals surface area contributed by atoms with Gasteiger partial charge >= 0.3 is 6.03 Å². The fourth-order valence-corrected chi connectivity index (χ4v) is 2.75. The molecule has 5 nitrogen and oxygen atoms in total. The molecule has 0 bridgehead atoms. The SMILES string of the molecule is CCNC(=O)N1CC[C@H](N[C@H](C)c2ccc(OC)c(F)c2)C1. The summed E-state index contributed by atoms with van der Waals surface area (Å²) in [5.41, 5.74) is 0.870. The number of nitrogens with one attached hydrogen (secondary N) is 2. The van der Waals surface area contributed by atoms with Gasteiger partial charge in [0.05, 0.1) is 7.11 Å². The summed E-state index contributed by atoms with van der Waals surface area (Å²) in [5.74, 6) is -0.108. The lowest BCUT2D eigenvalue weighted by Gasteiger charge is -2.21. The van der Waals surface area contributed by atoms with Gasteiger partial charge in [-0.1, -0.05) is 6.07 Å². The zero-order valence-corrected chi connectivity index (χ0v) is 13.4. The summed E-state index contributed by atoms with van der Waals surface area (Å²) >= 11 is 0. The fourth-order valence-electron chi connectivity index (χ4n) is 2.75. The van der Waals surface area contributed by atoms with Gasteiger partial charge in [0.25, 0.3) is 0 Å². The molecule has 6 heteroatoms. The van der Waals surface area contributed by atoms with Crippen molar-refractivity contribution >= 4 is 6.03 Å². The van der Waals surface area contributed by atoms with Crippen molar-refractivity contribution < 1.29 is 13.9 Å². The highest BCUT2D eigenvalue weighted by Crippen LogP contribution is 2.23. The Kier molecular flexibility index (Phi) is 5.60. The normalized spacial score (nSPS) is 19.1. The highest BCUT2D eigenvalue weighted by molar-refractivity contribution is 5.74. The third-order valence-corrected chi connectivity index (χ3v) is 3.97. The first-order chi connectivity index (χ1) is 10.5. The maximum Gasteiger partial charge on any atom is 0.317 e. The van der Waals surface area contributed by atoms with Crippen molar-refractivity contribution in [2.24, 2.45) is 0 Å². The van der Waals surface area contributed by atoms with E-state index < -0.39 is 0 Å². The lowest BCUT2D eigenvalue weighted by molar-refractivity contribution is 0.208. The third-order valence-electron chi connectivity index (χ3n) is 3.97. The number of hydrogen-bond donors (Lipinski definition) is 2. The predicted octanol–water partition coefficient (Wildman–Crippen LogP) is 2.29. The molecule has 0 spiro atoms. The highest BCUT2D eigenvalue weighted by Gasteiger charge is 2.27. The number of carbonyl (C=O) groups excluding carboxylic acids is 1. The number of hydrogen-bond acceptors (Lipinski definition) is 3. The molecule has 1 fully saturated rings. The molecule has 0 aliphatic carbocycles. The quantitative estimate of drug-likeness (QED) is 0.877. The van der Waals surface area contributed by atoms with E-state index in [1.54, 1.807) is 6.07 Å². The predicted molar refractivity (Wildman–Crippen MR) is 83.6 cm³/mol. The van der Waals surface area contributed by atoms with E-state index in [1.165, 1.54) is 13.2 Å². The summed E-state index contributed by atoms with van der Waals surface area (Å²) in [5, 5.41) is 6.27. The molecule has 122 valence electrons. The minimum atomic E-state index is -0.357.